The zero-order valence-corrected chi connectivity index (χ0v) is 14.0. The van der Waals surface area contributed by atoms with Gasteiger partial charge in [-0.1, -0.05) is 18.9 Å². The molecule has 1 amide bonds. The highest BCUT2D eigenvalue weighted by molar-refractivity contribution is 5.93. The predicted molar refractivity (Wildman–Crippen MR) is 91.0 cm³/mol. The van der Waals surface area contributed by atoms with Gasteiger partial charge in [0.15, 0.2) is 0 Å². The van der Waals surface area contributed by atoms with Gasteiger partial charge in [0.1, 0.15) is 0 Å². The average molecular weight is 311 g/mol. The maximum absolute atomic E-state index is 11.6. The molecule has 3 rings (SSSR count). The lowest BCUT2D eigenvalue weighted by molar-refractivity contribution is 0.0636. The van der Waals surface area contributed by atoms with Gasteiger partial charge in [-0.2, -0.15) is 0 Å². The molecule has 1 saturated carbocycles. The third kappa shape index (κ3) is 2.46. The van der Waals surface area contributed by atoms with Crippen molar-refractivity contribution in [2.75, 3.05) is 13.7 Å². The predicted octanol–water partition coefficient (Wildman–Crippen LogP) is 2.91. The normalized spacial score (nSPS) is 32.0. The molecule has 1 unspecified atom stereocenters. The molecule has 0 aliphatic heterocycles. The number of benzene rings is 1. The lowest BCUT2D eigenvalue weighted by Gasteiger charge is -2.52. The Hall–Kier alpha value is -1.79. The molecular formula is C20H25NO2. The van der Waals surface area contributed by atoms with Crippen molar-refractivity contribution < 1.29 is 9.53 Å². The first-order valence-electron chi connectivity index (χ1n) is 8.43. The third-order valence-corrected chi connectivity index (χ3v) is 6.22. The minimum absolute atomic E-state index is 0.257. The second-order valence-corrected chi connectivity index (χ2v) is 7.09. The SMILES string of the molecule is C#C[C@@]12CCC(CCOC)[C@H](Cc3ccc(C(N)=O)cc31)[C@@H]2C. The van der Waals surface area contributed by atoms with Gasteiger partial charge in [-0.3, -0.25) is 4.79 Å². The molecule has 0 aromatic heterocycles. The van der Waals surface area contributed by atoms with Crippen molar-refractivity contribution in [1.82, 2.24) is 0 Å². The van der Waals surface area contributed by atoms with E-state index in [-0.39, 0.29) is 11.3 Å². The number of primary amides is 1. The van der Waals surface area contributed by atoms with Crippen molar-refractivity contribution in [3.05, 3.63) is 34.9 Å². The number of terminal acetylenes is 1. The fourth-order valence-electron chi connectivity index (χ4n) is 4.84. The molecule has 0 radical (unpaired) electrons. The molecule has 2 aliphatic carbocycles. The van der Waals surface area contributed by atoms with Crippen LogP contribution in [-0.4, -0.2) is 19.6 Å². The highest BCUT2D eigenvalue weighted by Crippen LogP contribution is 2.54. The maximum atomic E-state index is 11.6. The van der Waals surface area contributed by atoms with E-state index in [2.05, 4.69) is 18.9 Å². The summed E-state index contributed by atoms with van der Waals surface area (Å²) in [6, 6.07) is 5.83. The van der Waals surface area contributed by atoms with Gasteiger partial charge in [0.05, 0.1) is 5.41 Å². The van der Waals surface area contributed by atoms with Crippen LogP contribution in [-0.2, 0) is 16.6 Å². The number of rotatable bonds is 4. The molecule has 3 nitrogen and oxygen atoms in total. The summed E-state index contributed by atoms with van der Waals surface area (Å²) in [5.41, 5.74) is 8.22. The molecule has 3 heteroatoms. The molecule has 0 saturated heterocycles. The first kappa shape index (κ1) is 16.1. The van der Waals surface area contributed by atoms with E-state index in [4.69, 9.17) is 16.9 Å². The van der Waals surface area contributed by atoms with E-state index in [1.54, 1.807) is 7.11 Å². The van der Waals surface area contributed by atoms with E-state index in [1.165, 1.54) is 5.56 Å². The molecule has 2 aliphatic rings. The van der Waals surface area contributed by atoms with Gasteiger partial charge >= 0.3 is 0 Å². The van der Waals surface area contributed by atoms with Gasteiger partial charge in [-0.25, -0.2) is 0 Å². The Labute approximate surface area is 138 Å². The minimum atomic E-state index is -0.386. The van der Waals surface area contributed by atoms with E-state index in [0.717, 1.165) is 37.9 Å². The van der Waals surface area contributed by atoms with Crippen LogP contribution in [0.4, 0.5) is 0 Å². The van der Waals surface area contributed by atoms with Crippen molar-refractivity contribution in [3.63, 3.8) is 0 Å². The van der Waals surface area contributed by atoms with Gasteiger partial charge in [0.2, 0.25) is 5.91 Å². The molecular weight excluding hydrogens is 286 g/mol. The molecule has 122 valence electrons. The number of carbonyl (C=O) groups excluding carboxylic acids is 1. The lowest BCUT2D eigenvalue weighted by atomic mass is 9.51. The number of hydrogen-bond donors (Lipinski definition) is 1. The molecule has 23 heavy (non-hydrogen) atoms. The van der Waals surface area contributed by atoms with E-state index in [9.17, 15) is 4.79 Å². The Bertz CT molecular complexity index is 660. The van der Waals surface area contributed by atoms with Gasteiger partial charge < -0.3 is 10.5 Å². The van der Waals surface area contributed by atoms with Crippen LogP contribution in [0.5, 0.6) is 0 Å². The Kier molecular flexibility index (Phi) is 4.21. The summed E-state index contributed by atoms with van der Waals surface area (Å²) in [7, 11) is 1.76. The zero-order valence-electron chi connectivity index (χ0n) is 14.0. The summed E-state index contributed by atoms with van der Waals surface area (Å²) < 4.78 is 5.29. The number of amides is 1. The van der Waals surface area contributed by atoms with Crippen molar-refractivity contribution in [3.8, 4) is 12.3 Å². The fraction of sp³-hybridized carbons (Fsp3) is 0.550. The molecule has 1 aromatic carbocycles. The van der Waals surface area contributed by atoms with E-state index >= 15 is 0 Å². The van der Waals surface area contributed by atoms with Gasteiger partial charge in [-0.05, 0) is 66.7 Å². The zero-order chi connectivity index (χ0) is 16.6. The van der Waals surface area contributed by atoms with Crippen molar-refractivity contribution in [2.45, 2.75) is 38.0 Å². The molecule has 2 bridgehead atoms. The fourth-order valence-corrected chi connectivity index (χ4v) is 4.84. The number of fused-ring (bicyclic) bond motifs is 4. The second kappa shape index (κ2) is 6.02. The Morgan fingerprint density at radius 3 is 2.96 bits per heavy atom. The van der Waals surface area contributed by atoms with Crippen LogP contribution in [0, 0.1) is 30.1 Å². The Balaban J connectivity index is 2.04. The van der Waals surface area contributed by atoms with Crippen LogP contribution >= 0.6 is 0 Å². The summed E-state index contributed by atoms with van der Waals surface area (Å²) >= 11 is 0. The van der Waals surface area contributed by atoms with Crippen LogP contribution in [0.1, 0.15) is 47.7 Å². The third-order valence-electron chi connectivity index (χ3n) is 6.22. The molecule has 2 N–H and O–H groups in total. The van der Waals surface area contributed by atoms with Crippen LogP contribution in [0.3, 0.4) is 0 Å². The molecule has 1 aromatic rings. The van der Waals surface area contributed by atoms with Crippen LogP contribution in [0.2, 0.25) is 0 Å². The first-order valence-corrected chi connectivity index (χ1v) is 8.43. The summed E-state index contributed by atoms with van der Waals surface area (Å²) in [4.78, 5) is 11.6. The van der Waals surface area contributed by atoms with Crippen molar-refractivity contribution in [2.24, 2.45) is 23.5 Å². The number of ether oxygens (including phenoxy) is 1. The smallest absolute Gasteiger partial charge is 0.248 e. The Morgan fingerprint density at radius 2 is 2.30 bits per heavy atom. The number of carbonyl (C=O) groups is 1. The van der Waals surface area contributed by atoms with Crippen LogP contribution in [0.25, 0.3) is 0 Å². The van der Waals surface area contributed by atoms with E-state index in [1.807, 2.05) is 12.1 Å². The van der Waals surface area contributed by atoms with Crippen LogP contribution < -0.4 is 5.73 Å². The highest BCUT2D eigenvalue weighted by Gasteiger charge is 2.50. The number of nitrogens with two attached hydrogens (primary N) is 1. The van der Waals surface area contributed by atoms with Crippen LogP contribution in [0.15, 0.2) is 18.2 Å². The highest BCUT2D eigenvalue weighted by atomic mass is 16.5. The monoisotopic (exact) mass is 311 g/mol. The van der Waals surface area contributed by atoms with Crippen molar-refractivity contribution >= 4 is 5.91 Å². The quantitative estimate of drug-likeness (QED) is 0.869. The number of hydrogen-bond acceptors (Lipinski definition) is 2. The van der Waals surface area contributed by atoms with E-state index < -0.39 is 0 Å². The standard InChI is InChI=1S/C20H25NO2/c1-4-20-9-7-14(8-10-23-3)17(13(20)2)11-15-5-6-16(19(21)22)12-18(15)20/h1,5-6,12-14,17H,7-11H2,2-3H3,(H2,21,22)/t13-,14?,17+,20-/m0/s1. The molecule has 0 heterocycles. The van der Waals surface area contributed by atoms with Gasteiger partial charge in [0, 0.05) is 19.3 Å². The topological polar surface area (TPSA) is 52.3 Å². The minimum Gasteiger partial charge on any atom is -0.385 e. The summed E-state index contributed by atoms with van der Waals surface area (Å²) in [5.74, 6) is 4.39. The van der Waals surface area contributed by atoms with Gasteiger partial charge in [-0.15, -0.1) is 6.42 Å². The molecule has 4 atom stereocenters. The summed E-state index contributed by atoms with van der Waals surface area (Å²) in [6.07, 6.45) is 10.3. The second-order valence-electron chi connectivity index (χ2n) is 7.09. The van der Waals surface area contributed by atoms with Gasteiger partial charge in [0.25, 0.3) is 0 Å². The molecule has 0 spiro atoms. The lowest BCUT2D eigenvalue weighted by Crippen LogP contribution is -2.49. The van der Waals surface area contributed by atoms with E-state index in [0.29, 0.717) is 23.3 Å². The molecule has 1 fully saturated rings. The maximum Gasteiger partial charge on any atom is 0.248 e. The summed E-state index contributed by atoms with van der Waals surface area (Å²) in [5, 5.41) is 0. The van der Waals surface area contributed by atoms with Crippen molar-refractivity contribution in [1.29, 1.82) is 0 Å². The average Bonchev–Trinajstić information content (AvgIpc) is 2.54. The Morgan fingerprint density at radius 1 is 1.52 bits per heavy atom. The number of methoxy groups -OCH3 is 1. The first-order chi connectivity index (χ1) is 11.0. The largest absolute Gasteiger partial charge is 0.385 e. The summed E-state index contributed by atoms with van der Waals surface area (Å²) in [6.45, 7) is 3.09.